The molecular formula is C28H26P4. The van der Waals surface area contributed by atoms with E-state index in [4.69, 9.17) is 0 Å². The Morgan fingerprint density at radius 1 is 0.500 bits per heavy atom. The third kappa shape index (κ3) is 3.96. The first-order valence-electron chi connectivity index (χ1n) is 10.9. The predicted molar refractivity (Wildman–Crippen MR) is 149 cm³/mol. The molecule has 3 heterocycles. The summed E-state index contributed by atoms with van der Waals surface area (Å²) >= 11 is 0. The maximum absolute atomic E-state index is 2.50. The minimum Gasteiger partial charge on any atom is -0.0631 e. The number of hydrogen-bond acceptors (Lipinski definition) is 0. The van der Waals surface area contributed by atoms with Crippen LogP contribution in [0.3, 0.4) is 0 Å². The molecule has 2 unspecified atom stereocenters. The Balaban J connectivity index is 1.86. The molecule has 4 heteroatoms. The van der Waals surface area contributed by atoms with E-state index >= 15 is 0 Å². The zero-order valence-corrected chi connectivity index (χ0v) is 22.4. The summed E-state index contributed by atoms with van der Waals surface area (Å²) in [4.78, 5) is 0. The molecular weight excluding hydrogens is 460 g/mol. The van der Waals surface area contributed by atoms with Crippen LogP contribution in [0.25, 0.3) is 31.8 Å². The van der Waals surface area contributed by atoms with Gasteiger partial charge in [0.1, 0.15) is 0 Å². The lowest BCUT2D eigenvalue weighted by Crippen LogP contribution is -1.89. The van der Waals surface area contributed by atoms with Gasteiger partial charge in [0.05, 0.1) is 0 Å². The summed E-state index contributed by atoms with van der Waals surface area (Å²) in [5, 5.41) is 6.43. The molecule has 0 bridgehead atoms. The van der Waals surface area contributed by atoms with Crippen LogP contribution in [0.15, 0.2) is 84.4 Å². The topological polar surface area (TPSA) is 0 Å². The zero-order valence-electron chi connectivity index (χ0n) is 18.9. The SMILES string of the molecule is Cc1cpc(-p2c(-c3ccccc3)c(-c3ccccc3)p2-c2cc(C)c(C)cp2)cc1C. The fourth-order valence-corrected chi connectivity index (χ4v) is 17.2. The van der Waals surface area contributed by atoms with Crippen molar-refractivity contribution in [1.82, 2.24) is 0 Å². The van der Waals surface area contributed by atoms with Crippen molar-refractivity contribution in [2.24, 2.45) is 0 Å². The van der Waals surface area contributed by atoms with E-state index in [0.29, 0.717) is 0 Å². The van der Waals surface area contributed by atoms with Crippen LogP contribution in [0.1, 0.15) is 22.3 Å². The van der Waals surface area contributed by atoms with Crippen LogP contribution in [0.2, 0.25) is 0 Å². The Labute approximate surface area is 196 Å². The second-order valence-corrected chi connectivity index (χ2v) is 16.5. The highest BCUT2D eigenvalue weighted by molar-refractivity contribution is 8.22. The Morgan fingerprint density at radius 2 is 0.875 bits per heavy atom. The van der Waals surface area contributed by atoms with E-state index in [-0.39, 0.29) is 14.4 Å². The molecule has 158 valence electrons. The molecule has 5 rings (SSSR count). The summed E-state index contributed by atoms with van der Waals surface area (Å²) in [6.07, 6.45) is 0. The predicted octanol–water partition coefficient (Wildman–Crippen LogP) is 11.4. The van der Waals surface area contributed by atoms with Crippen molar-refractivity contribution < 1.29 is 0 Å². The van der Waals surface area contributed by atoms with Crippen LogP contribution in [-0.4, -0.2) is 0 Å². The van der Waals surface area contributed by atoms with E-state index in [2.05, 4.69) is 112 Å². The average molecular weight is 486 g/mol. The van der Waals surface area contributed by atoms with Gasteiger partial charge in [0.2, 0.25) is 0 Å². The fourth-order valence-electron chi connectivity index (χ4n) is 3.95. The van der Waals surface area contributed by atoms with E-state index in [1.165, 1.54) is 49.8 Å². The van der Waals surface area contributed by atoms with E-state index < -0.39 is 0 Å². The Kier molecular flexibility index (Phi) is 6.26. The molecule has 0 aliphatic rings. The number of hydrogen-bond donors (Lipinski definition) is 0. The molecule has 0 aliphatic carbocycles. The van der Waals surface area contributed by atoms with E-state index in [9.17, 15) is 0 Å². The van der Waals surface area contributed by atoms with Crippen molar-refractivity contribution in [1.29, 1.82) is 0 Å². The standard InChI is InChI=1S/C28H26P4/c1-19-15-25(29-17-21(19)3)31-27(23-11-7-5-8-12-23)28(24-13-9-6-10-14-24)32(31)26-16-20(2)22(4)18-30-26/h5-18H,1-4H3. The molecule has 3 aromatic heterocycles. The van der Waals surface area contributed by atoms with Gasteiger partial charge in [0.25, 0.3) is 0 Å². The highest BCUT2D eigenvalue weighted by Crippen LogP contribution is 2.80. The van der Waals surface area contributed by atoms with Gasteiger partial charge in [-0.3, -0.25) is 0 Å². The summed E-state index contributed by atoms with van der Waals surface area (Å²) in [5.74, 6) is 4.83. The zero-order chi connectivity index (χ0) is 22.2. The molecule has 0 spiro atoms. The minimum atomic E-state index is -0.374. The van der Waals surface area contributed by atoms with Gasteiger partial charge in [-0.25, -0.2) is 0 Å². The first-order valence-corrected chi connectivity index (χ1v) is 16.2. The molecule has 2 aromatic carbocycles. The van der Waals surface area contributed by atoms with Crippen LogP contribution in [-0.2, 0) is 0 Å². The van der Waals surface area contributed by atoms with Crippen molar-refractivity contribution in [2.45, 2.75) is 27.7 Å². The lowest BCUT2D eigenvalue weighted by atomic mass is 10.1. The van der Waals surface area contributed by atoms with Crippen molar-refractivity contribution in [3.8, 4) is 31.8 Å². The molecule has 5 aromatic rings. The summed E-state index contributed by atoms with van der Waals surface area (Å²) in [6, 6.07) is 27.3. The van der Waals surface area contributed by atoms with Gasteiger partial charge >= 0.3 is 0 Å². The van der Waals surface area contributed by atoms with Crippen molar-refractivity contribution in [3.63, 3.8) is 0 Å². The van der Waals surface area contributed by atoms with Crippen LogP contribution in [0.4, 0.5) is 0 Å². The largest absolute Gasteiger partial charge is 0.0631 e. The van der Waals surface area contributed by atoms with Crippen molar-refractivity contribution in [3.05, 3.63) is 107 Å². The Bertz CT molecular complexity index is 1280. The normalized spacial score (nSPS) is 12.8. The van der Waals surface area contributed by atoms with Gasteiger partial charge in [-0.15, -0.1) is 0 Å². The molecule has 32 heavy (non-hydrogen) atoms. The minimum absolute atomic E-state index is 0.374. The van der Waals surface area contributed by atoms with E-state index in [1.807, 2.05) is 0 Å². The first-order chi connectivity index (χ1) is 15.5. The van der Waals surface area contributed by atoms with Crippen LogP contribution in [0, 0.1) is 27.7 Å². The smallest absolute Gasteiger partial charge is 0.0300 e. The molecule has 0 saturated carbocycles. The molecule has 0 N–H and O–H groups in total. The number of aryl methyl sites for hydroxylation is 4. The van der Waals surface area contributed by atoms with Crippen LogP contribution in [0.5, 0.6) is 0 Å². The molecule has 2 atom stereocenters. The average Bonchev–Trinajstić information content (AvgIpc) is 2.79. The summed E-state index contributed by atoms with van der Waals surface area (Å²) in [6.45, 7) is 9.02. The fraction of sp³-hybridized carbons (Fsp3) is 0.143. The monoisotopic (exact) mass is 486 g/mol. The molecule has 0 nitrogen and oxygen atoms in total. The lowest BCUT2D eigenvalue weighted by Gasteiger charge is -2.29. The summed E-state index contributed by atoms with van der Waals surface area (Å²) in [7, 11) is 2.01. The van der Waals surface area contributed by atoms with Gasteiger partial charge < -0.3 is 0 Å². The number of benzene rings is 2. The summed E-state index contributed by atoms with van der Waals surface area (Å²) < 4.78 is 0. The van der Waals surface area contributed by atoms with Crippen LogP contribution < -0.4 is 0 Å². The third-order valence-electron chi connectivity index (χ3n) is 6.09. The lowest BCUT2D eigenvalue weighted by molar-refractivity contribution is 1.38. The van der Waals surface area contributed by atoms with Gasteiger partial charge in [-0.05, 0) is 84.8 Å². The molecule has 0 saturated heterocycles. The first kappa shape index (κ1) is 21.9. The van der Waals surface area contributed by atoms with Crippen molar-refractivity contribution >= 4 is 30.8 Å². The maximum Gasteiger partial charge on any atom is 0.0300 e. The quantitative estimate of drug-likeness (QED) is 0.237. The van der Waals surface area contributed by atoms with Gasteiger partial charge in [-0.1, -0.05) is 91.5 Å². The molecule has 0 radical (unpaired) electrons. The van der Waals surface area contributed by atoms with Gasteiger partial charge in [0.15, 0.2) is 0 Å². The summed E-state index contributed by atoms with van der Waals surface area (Å²) in [5.41, 5.74) is 8.48. The highest BCUT2D eigenvalue weighted by Gasteiger charge is 2.28. The molecule has 0 aliphatic heterocycles. The van der Waals surface area contributed by atoms with Crippen molar-refractivity contribution in [2.75, 3.05) is 0 Å². The van der Waals surface area contributed by atoms with Gasteiger partial charge in [-0.2, -0.15) is 0 Å². The second kappa shape index (κ2) is 9.14. The van der Waals surface area contributed by atoms with Gasteiger partial charge in [0, 0.05) is 20.7 Å². The van der Waals surface area contributed by atoms with E-state index in [0.717, 1.165) is 0 Å². The highest BCUT2D eigenvalue weighted by atomic mass is 31.9. The Morgan fingerprint density at radius 3 is 1.22 bits per heavy atom. The third-order valence-corrected chi connectivity index (χ3v) is 18.0. The van der Waals surface area contributed by atoms with E-state index in [1.54, 1.807) is 20.7 Å². The maximum atomic E-state index is 2.50. The molecule has 0 amide bonds. The van der Waals surface area contributed by atoms with Crippen LogP contribution >= 0.6 is 30.8 Å². The number of rotatable bonds is 4. The Hall–Kier alpha value is -1.92. The molecule has 0 fully saturated rings. The second-order valence-electron chi connectivity index (χ2n) is 8.31.